The number of fused-ring (bicyclic) bond motifs is 1. The largest absolute Gasteiger partial charge is 0.325 e. The molecule has 1 aliphatic heterocycles. The average Bonchev–Trinajstić information content (AvgIpc) is 2.91. The van der Waals surface area contributed by atoms with Crippen LogP contribution in [-0.4, -0.2) is 17.4 Å². The summed E-state index contributed by atoms with van der Waals surface area (Å²) >= 11 is 0. The first-order valence-electron chi connectivity index (χ1n) is 8.69. The van der Waals surface area contributed by atoms with E-state index in [9.17, 15) is 14.9 Å². The lowest BCUT2D eigenvalue weighted by Crippen LogP contribution is -2.45. The van der Waals surface area contributed by atoms with Crippen LogP contribution in [0.4, 0.5) is 5.69 Å². The molecule has 0 radical (unpaired) electrons. The van der Waals surface area contributed by atoms with Crippen LogP contribution in [0.3, 0.4) is 0 Å². The van der Waals surface area contributed by atoms with E-state index in [0.717, 1.165) is 29.7 Å². The van der Waals surface area contributed by atoms with Crippen molar-refractivity contribution < 1.29 is 9.72 Å². The monoisotopic (exact) mass is 338 g/mol. The maximum atomic E-state index is 13.2. The summed E-state index contributed by atoms with van der Waals surface area (Å²) in [6, 6.07) is 17.0. The summed E-state index contributed by atoms with van der Waals surface area (Å²) in [7, 11) is 0. The number of hydrogen-bond acceptors (Lipinski definition) is 3. The molecule has 25 heavy (non-hydrogen) atoms. The lowest BCUT2D eigenvalue weighted by atomic mass is 9.65. The molecule has 130 valence electrons. The zero-order valence-electron chi connectivity index (χ0n) is 14.3. The molecule has 1 amide bonds. The molecule has 5 nitrogen and oxygen atoms in total. The van der Waals surface area contributed by atoms with Crippen molar-refractivity contribution in [1.29, 1.82) is 0 Å². The summed E-state index contributed by atoms with van der Waals surface area (Å²) in [4.78, 5) is 24.3. The number of hydrogen-bond donors (Lipinski definition) is 1. The van der Waals surface area contributed by atoms with Crippen LogP contribution >= 0.6 is 0 Å². The Bertz CT molecular complexity index is 776. The number of para-hydroxylation sites is 1. The number of unbranched alkanes of at least 4 members (excludes halogenated alkanes) is 1. The van der Waals surface area contributed by atoms with E-state index >= 15 is 0 Å². The zero-order valence-corrected chi connectivity index (χ0v) is 14.3. The molecular formula is C20H22N2O3. The molecule has 2 atom stereocenters. The highest BCUT2D eigenvalue weighted by Crippen LogP contribution is 2.49. The van der Waals surface area contributed by atoms with E-state index in [-0.39, 0.29) is 17.4 Å². The third-order valence-electron chi connectivity index (χ3n) is 5.08. The number of amides is 1. The summed E-state index contributed by atoms with van der Waals surface area (Å²) in [5.41, 5.74) is 1.40. The van der Waals surface area contributed by atoms with E-state index in [0.29, 0.717) is 6.42 Å². The van der Waals surface area contributed by atoms with Crippen LogP contribution in [0.2, 0.25) is 0 Å². The first-order chi connectivity index (χ1) is 12.1. The quantitative estimate of drug-likeness (QED) is 0.612. The Morgan fingerprint density at radius 2 is 1.80 bits per heavy atom. The SMILES string of the molecule is CCCC[C@H](C[N+](=O)[O-])[C@@]1(c2ccccc2)C(=O)Nc2ccccc21. The van der Waals surface area contributed by atoms with E-state index < -0.39 is 11.3 Å². The van der Waals surface area contributed by atoms with Gasteiger partial charge in [-0.05, 0) is 23.6 Å². The Morgan fingerprint density at radius 3 is 2.48 bits per heavy atom. The standard InChI is InChI=1S/C20H22N2O3/c1-2-3-9-16(14-22(24)25)20(15-10-5-4-6-11-15)17-12-7-8-13-18(17)21-19(20)23/h4-8,10-13,16H,2-3,9,14H2,1H3,(H,21,23)/t16-,20-/m1/s1. The van der Waals surface area contributed by atoms with Gasteiger partial charge in [-0.25, -0.2) is 0 Å². The molecule has 5 heteroatoms. The fourth-order valence-corrected chi connectivity index (χ4v) is 3.98. The van der Waals surface area contributed by atoms with Crippen molar-refractivity contribution >= 4 is 11.6 Å². The number of anilines is 1. The van der Waals surface area contributed by atoms with Gasteiger partial charge < -0.3 is 5.32 Å². The van der Waals surface area contributed by atoms with Crippen LogP contribution in [0, 0.1) is 16.0 Å². The van der Waals surface area contributed by atoms with Crippen LogP contribution in [0.25, 0.3) is 0 Å². The predicted octanol–water partition coefficient (Wildman–Crippen LogP) is 4.01. The third-order valence-corrected chi connectivity index (χ3v) is 5.08. The number of nitrogens with zero attached hydrogens (tertiary/aromatic N) is 1. The number of carbonyl (C=O) groups is 1. The van der Waals surface area contributed by atoms with Crippen molar-refractivity contribution in [2.45, 2.75) is 31.6 Å². The molecule has 2 aromatic carbocycles. The van der Waals surface area contributed by atoms with Gasteiger partial charge in [0.15, 0.2) is 0 Å². The summed E-state index contributed by atoms with van der Waals surface area (Å²) in [6.45, 7) is 1.83. The van der Waals surface area contributed by atoms with E-state index in [1.165, 1.54) is 0 Å². The Morgan fingerprint density at radius 1 is 1.12 bits per heavy atom. The summed E-state index contributed by atoms with van der Waals surface area (Å²) in [6.07, 6.45) is 2.42. The first kappa shape index (κ1) is 17.1. The minimum absolute atomic E-state index is 0.164. The van der Waals surface area contributed by atoms with Crippen molar-refractivity contribution in [2.24, 2.45) is 5.92 Å². The predicted molar refractivity (Wildman–Crippen MR) is 97.2 cm³/mol. The van der Waals surface area contributed by atoms with E-state index in [1.54, 1.807) is 0 Å². The average molecular weight is 338 g/mol. The fraction of sp³-hybridized carbons (Fsp3) is 0.350. The van der Waals surface area contributed by atoms with E-state index in [2.05, 4.69) is 12.2 Å². The lowest BCUT2D eigenvalue weighted by Gasteiger charge is -2.34. The molecule has 0 fully saturated rings. The summed E-state index contributed by atoms with van der Waals surface area (Å²) in [5, 5.41) is 14.4. The number of carbonyl (C=O) groups excluding carboxylic acids is 1. The van der Waals surface area contributed by atoms with Gasteiger partial charge in [0.1, 0.15) is 5.41 Å². The van der Waals surface area contributed by atoms with Crippen molar-refractivity contribution in [3.63, 3.8) is 0 Å². The highest BCUT2D eigenvalue weighted by Gasteiger charge is 2.54. The minimum atomic E-state index is -1.01. The maximum absolute atomic E-state index is 13.2. The van der Waals surface area contributed by atoms with Gasteiger partial charge in [-0.15, -0.1) is 0 Å². The molecule has 0 aromatic heterocycles. The van der Waals surface area contributed by atoms with Gasteiger partial charge in [0.2, 0.25) is 12.5 Å². The van der Waals surface area contributed by atoms with Gasteiger partial charge in [0.25, 0.3) is 0 Å². The molecule has 1 heterocycles. The molecule has 2 aromatic rings. The third kappa shape index (κ3) is 2.90. The second-order valence-electron chi connectivity index (χ2n) is 6.53. The number of benzene rings is 2. The molecule has 0 aliphatic carbocycles. The molecule has 0 spiro atoms. The van der Waals surface area contributed by atoms with Gasteiger partial charge in [-0.3, -0.25) is 14.9 Å². The van der Waals surface area contributed by atoms with Crippen LogP contribution in [0.1, 0.15) is 37.3 Å². The topological polar surface area (TPSA) is 72.2 Å². The maximum Gasteiger partial charge on any atom is 0.240 e. The Balaban J connectivity index is 2.22. The lowest BCUT2D eigenvalue weighted by molar-refractivity contribution is -0.489. The van der Waals surface area contributed by atoms with Crippen molar-refractivity contribution in [2.75, 3.05) is 11.9 Å². The van der Waals surface area contributed by atoms with Crippen LogP contribution < -0.4 is 5.32 Å². The van der Waals surface area contributed by atoms with Crippen LogP contribution in [0.5, 0.6) is 0 Å². The zero-order chi connectivity index (χ0) is 17.9. The molecule has 0 saturated heterocycles. The van der Waals surface area contributed by atoms with Crippen LogP contribution in [0.15, 0.2) is 54.6 Å². The fourth-order valence-electron chi connectivity index (χ4n) is 3.98. The second kappa shape index (κ2) is 7.05. The second-order valence-corrected chi connectivity index (χ2v) is 6.53. The number of nitrogens with one attached hydrogen (secondary N) is 1. The van der Waals surface area contributed by atoms with E-state index in [4.69, 9.17) is 0 Å². The van der Waals surface area contributed by atoms with Gasteiger partial charge in [-0.1, -0.05) is 68.3 Å². The molecular weight excluding hydrogens is 316 g/mol. The molecule has 0 bridgehead atoms. The molecule has 3 rings (SSSR count). The highest BCUT2D eigenvalue weighted by molar-refractivity contribution is 6.09. The van der Waals surface area contributed by atoms with Gasteiger partial charge in [0, 0.05) is 16.5 Å². The highest BCUT2D eigenvalue weighted by atomic mass is 16.6. The van der Waals surface area contributed by atoms with E-state index in [1.807, 2.05) is 54.6 Å². The molecule has 1 aliphatic rings. The summed E-state index contributed by atoms with van der Waals surface area (Å²) in [5.74, 6) is -0.559. The van der Waals surface area contributed by atoms with Gasteiger partial charge in [-0.2, -0.15) is 0 Å². The van der Waals surface area contributed by atoms with Gasteiger partial charge in [0.05, 0.1) is 0 Å². The summed E-state index contributed by atoms with van der Waals surface area (Å²) < 4.78 is 0. The number of nitro groups is 1. The van der Waals surface area contributed by atoms with Gasteiger partial charge >= 0.3 is 0 Å². The number of rotatable bonds is 7. The normalized spacial score (nSPS) is 20.0. The Kier molecular flexibility index (Phi) is 4.83. The molecule has 1 N–H and O–H groups in total. The molecule has 0 unspecified atom stereocenters. The Labute approximate surface area is 147 Å². The van der Waals surface area contributed by atoms with Crippen molar-refractivity contribution in [1.82, 2.24) is 0 Å². The molecule has 0 saturated carbocycles. The first-order valence-corrected chi connectivity index (χ1v) is 8.69. The smallest absolute Gasteiger partial charge is 0.240 e. The van der Waals surface area contributed by atoms with Crippen LogP contribution in [-0.2, 0) is 10.2 Å². The van der Waals surface area contributed by atoms with Crippen molar-refractivity contribution in [3.05, 3.63) is 75.8 Å². The Hall–Kier alpha value is -2.69. The minimum Gasteiger partial charge on any atom is -0.325 e. The van der Waals surface area contributed by atoms with Crippen molar-refractivity contribution in [3.8, 4) is 0 Å².